The average Bonchev–Trinajstić information content (AvgIpc) is 2.39. The summed E-state index contributed by atoms with van der Waals surface area (Å²) in [6.45, 7) is 3.65. The van der Waals surface area contributed by atoms with Crippen LogP contribution < -0.4 is 22.3 Å². The Morgan fingerprint density at radius 2 is 2.05 bits per heavy atom. The first kappa shape index (κ1) is 17.6. The predicted molar refractivity (Wildman–Crippen MR) is 73.5 cm³/mol. The number of carboxylic acids is 1. The number of rotatable bonds is 6. The summed E-state index contributed by atoms with van der Waals surface area (Å²) in [4.78, 5) is 47.2. The van der Waals surface area contributed by atoms with E-state index in [2.05, 4.69) is 0 Å². The number of aromatic amines is 1. The van der Waals surface area contributed by atoms with Crippen molar-refractivity contribution in [3.63, 3.8) is 0 Å². The molecule has 0 radical (unpaired) electrons. The Hall–Kier alpha value is -2.49. The second-order valence-corrected chi connectivity index (χ2v) is 5.13. The number of carbonyl (C=O) groups is 2. The van der Waals surface area contributed by atoms with Gasteiger partial charge in [0.2, 0.25) is 17.9 Å². The minimum absolute atomic E-state index is 0.0947. The minimum Gasteiger partial charge on any atom is -0.478 e. The second-order valence-electron chi connectivity index (χ2n) is 5.13. The third-order valence-electron chi connectivity index (χ3n) is 2.78. The van der Waals surface area contributed by atoms with Gasteiger partial charge in [-0.3, -0.25) is 19.1 Å². The van der Waals surface area contributed by atoms with Crippen molar-refractivity contribution in [3.05, 3.63) is 32.9 Å². The topological polar surface area (TPSA) is 147 Å². The molecule has 9 nitrogen and oxygen atoms in total. The number of halogens is 1. The molecule has 0 saturated heterocycles. The third kappa shape index (κ3) is 4.25. The molecule has 122 valence electrons. The van der Waals surface area contributed by atoms with Gasteiger partial charge in [-0.2, -0.15) is 4.39 Å². The SMILES string of the molecule is CC(C)C[C@H](N)C(=O)N[C@H](C(=O)O)n1cc(F)c(=O)[nH]c1=O. The second kappa shape index (κ2) is 6.98. The molecule has 5 N–H and O–H groups in total. The maximum Gasteiger partial charge on any atom is 0.347 e. The van der Waals surface area contributed by atoms with Crippen LogP contribution in [0.15, 0.2) is 15.8 Å². The molecule has 0 aromatic carbocycles. The molecule has 10 heteroatoms. The van der Waals surface area contributed by atoms with Crippen LogP contribution in [-0.2, 0) is 9.59 Å². The van der Waals surface area contributed by atoms with Gasteiger partial charge in [0.1, 0.15) is 0 Å². The van der Waals surface area contributed by atoms with Gasteiger partial charge in [-0.05, 0) is 12.3 Å². The number of aliphatic carboxylic acids is 1. The van der Waals surface area contributed by atoms with Gasteiger partial charge in [-0.25, -0.2) is 9.59 Å². The van der Waals surface area contributed by atoms with Gasteiger partial charge in [-0.1, -0.05) is 13.8 Å². The molecule has 0 fully saturated rings. The molecule has 0 aliphatic carbocycles. The highest BCUT2D eigenvalue weighted by Gasteiger charge is 2.26. The maximum absolute atomic E-state index is 13.2. The number of amides is 1. The van der Waals surface area contributed by atoms with Gasteiger partial charge in [0.15, 0.2) is 0 Å². The zero-order valence-corrected chi connectivity index (χ0v) is 12.0. The fourth-order valence-corrected chi connectivity index (χ4v) is 1.76. The normalized spacial score (nSPS) is 13.7. The monoisotopic (exact) mass is 316 g/mol. The fourth-order valence-electron chi connectivity index (χ4n) is 1.76. The van der Waals surface area contributed by atoms with E-state index in [1.165, 1.54) is 0 Å². The Bertz CT molecular complexity index is 681. The van der Waals surface area contributed by atoms with E-state index in [0.717, 1.165) is 0 Å². The fraction of sp³-hybridized carbons (Fsp3) is 0.500. The van der Waals surface area contributed by atoms with Crippen molar-refractivity contribution in [1.82, 2.24) is 14.9 Å². The van der Waals surface area contributed by atoms with E-state index in [0.29, 0.717) is 17.2 Å². The molecule has 0 unspecified atom stereocenters. The molecule has 1 amide bonds. The maximum atomic E-state index is 13.2. The van der Waals surface area contributed by atoms with Crippen LogP contribution in [0.1, 0.15) is 26.4 Å². The lowest BCUT2D eigenvalue weighted by Crippen LogP contribution is -2.49. The first-order valence-electron chi connectivity index (χ1n) is 6.43. The van der Waals surface area contributed by atoms with Crippen LogP contribution in [0.3, 0.4) is 0 Å². The summed E-state index contributed by atoms with van der Waals surface area (Å²) in [5.41, 5.74) is 3.16. The number of carboxylic acid groups (broad SMARTS) is 1. The molecule has 0 aliphatic rings. The molecule has 0 saturated carbocycles. The van der Waals surface area contributed by atoms with E-state index in [1.807, 2.05) is 19.2 Å². The molecule has 1 rings (SSSR count). The lowest BCUT2D eigenvalue weighted by molar-refractivity contribution is -0.145. The minimum atomic E-state index is -1.88. The summed E-state index contributed by atoms with van der Waals surface area (Å²) < 4.78 is 13.6. The number of nitrogens with two attached hydrogens (primary N) is 1. The van der Waals surface area contributed by atoms with Crippen molar-refractivity contribution in [3.8, 4) is 0 Å². The van der Waals surface area contributed by atoms with Gasteiger partial charge in [0.05, 0.1) is 12.2 Å². The van der Waals surface area contributed by atoms with Crippen molar-refractivity contribution in [2.45, 2.75) is 32.5 Å². The van der Waals surface area contributed by atoms with E-state index in [-0.39, 0.29) is 5.92 Å². The molecule has 22 heavy (non-hydrogen) atoms. The van der Waals surface area contributed by atoms with Crippen molar-refractivity contribution < 1.29 is 19.1 Å². The van der Waals surface area contributed by atoms with Crippen LogP contribution in [-0.4, -0.2) is 32.6 Å². The molecule has 1 heterocycles. The van der Waals surface area contributed by atoms with Crippen LogP contribution in [0.25, 0.3) is 0 Å². The Labute approximate surface area is 123 Å². The highest BCUT2D eigenvalue weighted by Crippen LogP contribution is 2.05. The lowest BCUT2D eigenvalue weighted by atomic mass is 10.0. The smallest absolute Gasteiger partial charge is 0.347 e. The van der Waals surface area contributed by atoms with Crippen LogP contribution in [0, 0.1) is 11.7 Å². The number of nitrogens with one attached hydrogen (secondary N) is 2. The van der Waals surface area contributed by atoms with Gasteiger partial charge in [-0.15, -0.1) is 0 Å². The van der Waals surface area contributed by atoms with Gasteiger partial charge < -0.3 is 16.2 Å². The third-order valence-corrected chi connectivity index (χ3v) is 2.78. The summed E-state index contributed by atoms with van der Waals surface area (Å²) in [6, 6.07) is -0.981. The molecular formula is C12H17FN4O5. The van der Waals surface area contributed by atoms with Gasteiger partial charge >= 0.3 is 11.7 Å². The first-order chi connectivity index (χ1) is 10.1. The van der Waals surface area contributed by atoms with Crippen LogP contribution in [0.2, 0.25) is 0 Å². The summed E-state index contributed by atoms with van der Waals surface area (Å²) in [7, 11) is 0. The highest BCUT2D eigenvalue weighted by molar-refractivity contribution is 5.85. The number of carbonyl (C=O) groups excluding carboxylic acids is 1. The van der Waals surface area contributed by atoms with Gasteiger partial charge in [0.25, 0.3) is 5.56 Å². The Morgan fingerprint density at radius 3 is 2.55 bits per heavy atom. The van der Waals surface area contributed by atoms with E-state index in [1.54, 1.807) is 4.98 Å². The van der Waals surface area contributed by atoms with Crippen molar-refractivity contribution >= 4 is 11.9 Å². The number of aromatic nitrogens is 2. The van der Waals surface area contributed by atoms with E-state index < -0.39 is 41.2 Å². The molecule has 1 aromatic heterocycles. The van der Waals surface area contributed by atoms with Crippen molar-refractivity contribution in [1.29, 1.82) is 0 Å². The number of H-pyrrole nitrogens is 1. The van der Waals surface area contributed by atoms with E-state index in [9.17, 15) is 23.6 Å². The largest absolute Gasteiger partial charge is 0.478 e. The van der Waals surface area contributed by atoms with Gasteiger partial charge in [0, 0.05) is 0 Å². The first-order valence-corrected chi connectivity index (χ1v) is 6.43. The summed E-state index contributed by atoms with van der Waals surface area (Å²) in [6.07, 6.45) is -1.18. The number of hydrogen-bond acceptors (Lipinski definition) is 5. The van der Waals surface area contributed by atoms with Crippen LogP contribution >= 0.6 is 0 Å². The van der Waals surface area contributed by atoms with Crippen molar-refractivity contribution in [2.24, 2.45) is 11.7 Å². The van der Waals surface area contributed by atoms with Crippen LogP contribution in [0.4, 0.5) is 4.39 Å². The summed E-state index contributed by atoms with van der Waals surface area (Å²) in [5.74, 6) is -3.68. The van der Waals surface area contributed by atoms with E-state index >= 15 is 0 Å². The lowest BCUT2D eigenvalue weighted by Gasteiger charge is -2.20. The molecule has 0 spiro atoms. The standard InChI is InChI=1S/C12H17FN4O5/c1-5(2)3-7(14)10(19)15-8(11(20)21)17-4-6(13)9(18)16-12(17)22/h4-5,7-8H,3,14H2,1-2H3,(H,15,19)(H,20,21)(H,16,18,22)/t7-,8-/m0/s1. The highest BCUT2D eigenvalue weighted by atomic mass is 19.1. The summed E-state index contributed by atoms with van der Waals surface area (Å²) in [5, 5.41) is 11.1. The van der Waals surface area contributed by atoms with E-state index in [4.69, 9.17) is 10.8 Å². The molecule has 2 atom stereocenters. The zero-order chi connectivity index (χ0) is 17.0. The molecule has 1 aromatic rings. The quantitative estimate of drug-likeness (QED) is 0.515. The average molecular weight is 316 g/mol. The Balaban J connectivity index is 3.08. The molecule has 0 aliphatic heterocycles. The zero-order valence-electron chi connectivity index (χ0n) is 12.0. The molecular weight excluding hydrogens is 299 g/mol. The Morgan fingerprint density at radius 1 is 1.45 bits per heavy atom. The Kier molecular flexibility index (Phi) is 5.57. The number of hydrogen-bond donors (Lipinski definition) is 4. The molecule has 0 bridgehead atoms. The summed E-state index contributed by atoms with van der Waals surface area (Å²) >= 11 is 0. The van der Waals surface area contributed by atoms with Crippen molar-refractivity contribution in [2.75, 3.05) is 0 Å². The number of nitrogens with zero attached hydrogens (tertiary/aromatic N) is 1. The van der Waals surface area contributed by atoms with Crippen LogP contribution in [0.5, 0.6) is 0 Å². The predicted octanol–water partition coefficient (Wildman–Crippen LogP) is -1.25.